The number of furan rings is 1. The highest BCUT2D eigenvalue weighted by atomic mass is 79.9. The Morgan fingerprint density at radius 2 is 2.11 bits per heavy atom. The predicted octanol–water partition coefficient (Wildman–Crippen LogP) is 4.99. The van der Waals surface area contributed by atoms with E-state index >= 15 is 0 Å². The summed E-state index contributed by atoms with van der Waals surface area (Å²) >= 11 is 10.6. The van der Waals surface area contributed by atoms with Crippen molar-refractivity contribution >= 4 is 49.8 Å². The van der Waals surface area contributed by atoms with Crippen LogP contribution in [0.3, 0.4) is 0 Å². The molecule has 2 nitrogen and oxygen atoms in total. The van der Waals surface area contributed by atoms with Crippen LogP contribution in [0.5, 0.6) is 0 Å². The number of hydrogen-bond acceptors (Lipinski definition) is 3. The monoisotopic (exact) mass is 342 g/mol. The smallest absolute Gasteiger partial charge is 0.148 e. The summed E-state index contributed by atoms with van der Waals surface area (Å²) < 4.78 is 7.22. The number of halogens is 2. The van der Waals surface area contributed by atoms with Gasteiger partial charge < -0.3 is 9.52 Å². The first-order valence-electron chi connectivity index (χ1n) is 5.26. The molecule has 3 rings (SSSR count). The second-order valence-corrected chi connectivity index (χ2v) is 6.45. The molecule has 1 unspecified atom stereocenters. The van der Waals surface area contributed by atoms with Crippen LogP contribution in [0.25, 0.3) is 11.0 Å². The van der Waals surface area contributed by atoms with Crippen LogP contribution >= 0.6 is 38.9 Å². The lowest BCUT2D eigenvalue weighted by atomic mass is 10.2. The number of thiophene rings is 1. The Labute approximate surface area is 121 Å². The average Bonchev–Trinajstić information content (AvgIpc) is 2.95. The van der Waals surface area contributed by atoms with Gasteiger partial charge in [0.15, 0.2) is 0 Å². The van der Waals surface area contributed by atoms with E-state index in [0.717, 1.165) is 20.3 Å². The van der Waals surface area contributed by atoms with Crippen LogP contribution in [0.4, 0.5) is 0 Å². The van der Waals surface area contributed by atoms with Crippen molar-refractivity contribution in [3.05, 3.63) is 55.8 Å². The fraction of sp³-hybridized carbons (Fsp3) is 0.0769. The maximum absolute atomic E-state index is 10.2. The molecule has 2 heterocycles. The van der Waals surface area contributed by atoms with Gasteiger partial charge in [-0.05, 0) is 40.2 Å². The molecule has 3 aromatic rings. The Balaban J connectivity index is 2.06. The van der Waals surface area contributed by atoms with Crippen molar-refractivity contribution in [2.24, 2.45) is 0 Å². The molecule has 0 saturated heterocycles. The molecule has 1 aromatic carbocycles. The molecule has 0 bridgehead atoms. The van der Waals surface area contributed by atoms with E-state index in [1.165, 1.54) is 11.3 Å². The highest BCUT2D eigenvalue weighted by Crippen LogP contribution is 2.35. The molecule has 0 saturated carbocycles. The summed E-state index contributed by atoms with van der Waals surface area (Å²) in [7, 11) is 0. The lowest BCUT2D eigenvalue weighted by Gasteiger charge is -2.03. The number of aliphatic hydroxyl groups is 1. The first-order chi connectivity index (χ1) is 8.65. The minimum absolute atomic E-state index is 0.524. The lowest BCUT2D eigenvalue weighted by molar-refractivity contribution is 0.196. The van der Waals surface area contributed by atoms with Crippen LogP contribution in [-0.4, -0.2) is 5.11 Å². The van der Waals surface area contributed by atoms with Crippen molar-refractivity contribution in [1.82, 2.24) is 0 Å². The first kappa shape index (κ1) is 12.2. The van der Waals surface area contributed by atoms with Gasteiger partial charge in [-0.3, -0.25) is 0 Å². The van der Waals surface area contributed by atoms with E-state index in [4.69, 9.17) is 16.0 Å². The van der Waals surface area contributed by atoms with Gasteiger partial charge in [0.2, 0.25) is 0 Å². The normalized spacial score (nSPS) is 13.1. The molecule has 1 atom stereocenters. The fourth-order valence-corrected chi connectivity index (χ4v) is 3.32. The first-order valence-corrected chi connectivity index (χ1v) is 7.25. The van der Waals surface area contributed by atoms with Crippen molar-refractivity contribution in [3.8, 4) is 0 Å². The number of hydrogen-bond donors (Lipinski definition) is 1. The molecule has 0 aliphatic heterocycles. The van der Waals surface area contributed by atoms with Crippen LogP contribution in [-0.2, 0) is 0 Å². The van der Waals surface area contributed by atoms with Gasteiger partial charge >= 0.3 is 0 Å². The Morgan fingerprint density at radius 3 is 2.78 bits per heavy atom. The zero-order valence-corrected chi connectivity index (χ0v) is 12.2. The summed E-state index contributed by atoms with van der Waals surface area (Å²) in [6.45, 7) is 0. The van der Waals surface area contributed by atoms with Crippen LogP contribution in [0.1, 0.15) is 16.7 Å². The van der Waals surface area contributed by atoms with Crippen molar-refractivity contribution in [2.75, 3.05) is 0 Å². The summed E-state index contributed by atoms with van der Waals surface area (Å²) in [5.74, 6) is 0.524. The topological polar surface area (TPSA) is 33.4 Å². The summed E-state index contributed by atoms with van der Waals surface area (Å²) in [6.07, 6.45) is -0.776. The second kappa shape index (κ2) is 4.70. The number of fused-ring (bicyclic) bond motifs is 1. The third-order valence-corrected chi connectivity index (χ3v) is 4.56. The highest BCUT2D eigenvalue weighted by Gasteiger charge is 2.18. The zero-order chi connectivity index (χ0) is 12.7. The van der Waals surface area contributed by atoms with Gasteiger partial charge in [0.25, 0.3) is 0 Å². The maximum Gasteiger partial charge on any atom is 0.148 e. The molecule has 0 spiro atoms. The second-order valence-electron chi connectivity index (χ2n) is 3.85. The predicted molar refractivity (Wildman–Crippen MR) is 77.3 cm³/mol. The Hall–Kier alpha value is -0.810. The van der Waals surface area contributed by atoms with Gasteiger partial charge in [-0.25, -0.2) is 0 Å². The average molecular weight is 344 g/mol. The SMILES string of the molecule is OC(c1cc2cccc(Br)c2o1)c1ccc(Cl)s1. The molecular formula is C13H8BrClO2S. The van der Waals surface area contributed by atoms with Crippen LogP contribution < -0.4 is 0 Å². The molecule has 1 N–H and O–H groups in total. The van der Waals surface area contributed by atoms with Crippen molar-refractivity contribution in [3.63, 3.8) is 0 Å². The van der Waals surface area contributed by atoms with E-state index < -0.39 is 6.10 Å². The quantitative estimate of drug-likeness (QED) is 0.711. The molecule has 18 heavy (non-hydrogen) atoms. The molecular weight excluding hydrogens is 336 g/mol. The van der Waals surface area contributed by atoms with Gasteiger partial charge in [-0.1, -0.05) is 23.7 Å². The molecule has 0 fully saturated rings. The Kier molecular flexibility index (Phi) is 3.20. The summed E-state index contributed by atoms with van der Waals surface area (Å²) in [5, 5.41) is 11.2. The summed E-state index contributed by atoms with van der Waals surface area (Å²) in [5.41, 5.74) is 0.745. The maximum atomic E-state index is 10.2. The summed E-state index contributed by atoms with van der Waals surface area (Å²) in [4.78, 5) is 0.773. The van der Waals surface area contributed by atoms with Gasteiger partial charge in [0.1, 0.15) is 17.4 Å². The van der Waals surface area contributed by atoms with Crippen molar-refractivity contribution < 1.29 is 9.52 Å². The molecule has 2 aromatic heterocycles. The summed E-state index contributed by atoms with van der Waals surface area (Å²) in [6, 6.07) is 11.2. The minimum atomic E-state index is -0.776. The Bertz CT molecular complexity index is 704. The minimum Gasteiger partial charge on any atom is -0.457 e. The molecule has 0 amide bonds. The van der Waals surface area contributed by atoms with E-state index in [2.05, 4.69) is 15.9 Å². The van der Waals surface area contributed by atoms with E-state index in [1.54, 1.807) is 12.1 Å². The third kappa shape index (κ3) is 2.10. The molecule has 92 valence electrons. The van der Waals surface area contributed by atoms with Crippen LogP contribution in [0, 0.1) is 0 Å². The standard InChI is InChI=1S/C13H8BrClO2S/c14-8-3-1-2-7-6-9(17-13(7)8)12(16)10-4-5-11(15)18-10/h1-6,12,16H. The molecule has 5 heteroatoms. The lowest BCUT2D eigenvalue weighted by Crippen LogP contribution is -1.93. The van der Waals surface area contributed by atoms with Gasteiger partial charge in [0.05, 0.1) is 8.81 Å². The van der Waals surface area contributed by atoms with Gasteiger partial charge in [-0.15, -0.1) is 11.3 Å². The van der Waals surface area contributed by atoms with Gasteiger partial charge in [0, 0.05) is 10.3 Å². The largest absolute Gasteiger partial charge is 0.457 e. The van der Waals surface area contributed by atoms with Crippen molar-refractivity contribution in [2.45, 2.75) is 6.10 Å². The van der Waals surface area contributed by atoms with E-state index in [0.29, 0.717) is 10.1 Å². The zero-order valence-electron chi connectivity index (χ0n) is 9.06. The molecule has 0 radical (unpaired) electrons. The highest BCUT2D eigenvalue weighted by molar-refractivity contribution is 9.10. The van der Waals surface area contributed by atoms with Crippen LogP contribution in [0.15, 0.2) is 45.3 Å². The van der Waals surface area contributed by atoms with E-state index in [9.17, 15) is 5.11 Å². The van der Waals surface area contributed by atoms with E-state index in [-0.39, 0.29) is 0 Å². The molecule has 0 aliphatic rings. The fourth-order valence-electron chi connectivity index (χ4n) is 1.80. The number of para-hydroxylation sites is 1. The van der Waals surface area contributed by atoms with Gasteiger partial charge in [-0.2, -0.15) is 0 Å². The Morgan fingerprint density at radius 1 is 1.28 bits per heavy atom. The van der Waals surface area contributed by atoms with Crippen LogP contribution in [0.2, 0.25) is 4.34 Å². The molecule has 0 aliphatic carbocycles. The number of benzene rings is 1. The van der Waals surface area contributed by atoms with E-state index in [1.807, 2.05) is 24.3 Å². The van der Waals surface area contributed by atoms with Crippen molar-refractivity contribution in [1.29, 1.82) is 0 Å². The number of rotatable bonds is 2. The number of aliphatic hydroxyl groups excluding tert-OH is 1. The third-order valence-electron chi connectivity index (χ3n) is 2.65.